The number of sulfonamides is 1. The molecule has 2 aromatic carbocycles. The van der Waals surface area contributed by atoms with Crippen molar-refractivity contribution >= 4 is 33.0 Å². The standard InChI is InChI=1S/C24H26N2O4S2/c1-3-12-30-22-14-17(2)10-11-20(22)25-24(27)21-15-18-7-4-5-8-19(18)16-26(21)32(28,29)23-9-6-13-31-23/h4-11,13-14,21H,3,12,15-16H2,1-2H3,(H,25,27)/t21-/m0/s1. The number of nitrogens with one attached hydrogen (secondary N) is 1. The molecule has 1 amide bonds. The van der Waals surface area contributed by atoms with Crippen LogP contribution in [0.5, 0.6) is 5.75 Å². The molecule has 0 unspecified atom stereocenters. The Balaban J connectivity index is 1.68. The molecule has 0 saturated carbocycles. The summed E-state index contributed by atoms with van der Waals surface area (Å²) in [6.07, 6.45) is 1.15. The largest absolute Gasteiger partial charge is 0.491 e. The van der Waals surface area contributed by atoms with Gasteiger partial charge in [0, 0.05) is 6.54 Å². The van der Waals surface area contributed by atoms with Crippen LogP contribution in [0.15, 0.2) is 64.2 Å². The zero-order valence-corrected chi connectivity index (χ0v) is 19.7. The van der Waals surface area contributed by atoms with E-state index in [9.17, 15) is 13.2 Å². The number of carbonyl (C=O) groups is 1. The lowest BCUT2D eigenvalue weighted by atomic mass is 9.95. The lowest BCUT2D eigenvalue weighted by Crippen LogP contribution is -2.50. The molecule has 1 aliphatic heterocycles. The normalized spacial score (nSPS) is 16.4. The first-order chi connectivity index (χ1) is 15.4. The molecule has 1 aromatic heterocycles. The van der Waals surface area contributed by atoms with Crippen LogP contribution in [-0.2, 0) is 27.8 Å². The fourth-order valence-electron chi connectivity index (χ4n) is 3.78. The number of hydrogen-bond acceptors (Lipinski definition) is 5. The number of aryl methyl sites for hydroxylation is 1. The Bertz CT molecular complexity index is 1210. The van der Waals surface area contributed by atoms with Gasteiger partial charge in [-0.3, -0.25) is 4.79 Å². The van der Waals surface area contributed by atoms with Gasteiger partial charge in [-0.25, -0.2) is 8.42 Å². The van der Waals surface area contributed by atoms with E-state index < -0.39 is 16.1 Å². The minimum absolute atomic E-state index is 0.154. The summed E-state index contributed by atoms with van der Waals surface area (Å²) in [6.45, 7) is 4.65. The number of nitrogens with zero attached hydrogens (tertiary/aromatic N) is 1. The van der Waals surface area contributed by atoms with Gasteiger partial charge in [-0.15, -0.1) is 11.3 Å². The van der Waals surface area contributed by atoms with Crippen molar-refractivity contribution in [3.63, 3.8) is 0 Å². The first-order valence-corrected chi connectivity index (χ1v) is 12.9. The summed E-state index contributed by atoms with van der Waals surface area (Å²) >= 11 is 1.15. The van der Waals surface area contributed by atoms with Gasteiger partial charge < -0.3 is 10.1 Å². The fourth-order valence-corrected chi connectivity index (χ4v) is 6.47. The van der Waals surface area contributed by atoms with E-state index in [0.717, 1.165) is 34.4 Å². The topological polar surface area (TPSA) is 75.7 Å². The second-order valence-electron chi connectivity index (χ2n) is 7.81. The van der Waals surface area contributed by atoms with Gasteiger partial charge in [-0.2, -0.15) is 4.31 Å². The molecule has 0 aliphatic carbocycles. The van der Waals surface area contributed by atoms with E-state index in [1.54, 1.807) is 23.6 Å². The molecule has 0 spiro atoms. The van der Waals surface area contributed by atoms with E-state index >= 15 is 0 Å². The average molecular weight is 471 g/mol. The highest BCUT2D eigenvalue weighted by atomic mass is 32.2. The number of anilines is 1. The van der Waals surface area contributed by atoms with Crippen molar-refractivity contribution in [2.24, 2.45) is 0 Å². The van der Waals surface area contributed by atoms with Crippen molar-refractivity contribution < 1.29 is 17.9 Å². The van der Waals surface area contributed by atoms with Crippen LogP contribution in [-0.4, -0.2) is 31.3 Å². The van der Waals surface area contributed by atoms with Crippen LogP contribution >= 0.6 is 11.3 Å². The van der Waals surface area contributed by atoms with E-state index in [4.69, 9.17) is 4.74 Å². The van der Waals surface area contributed by atoms with Gasteiger partial charge in [0.15, 0.2) is 0 Å². The Morgan fingerprint density at radius 2 is 1.94 bits per heavy atom. The summed E-state index contributed by atoms with van der Waals surface area (Å²) in [6, 6.07) is 15.6. The van der Waals surface area contributed by atoms with Crippen LogP contribution < -0.4 is 10.1 Å². The van der Waals surface area contributed by atoms with Crippen LogP contribution in [0.1, 0.15) is 30.0 Å². The third kappa shape index (κ3) is 4.57. The Hall–Kier alpha value is -2.68. The summed E-state index contributed by atoms with van der Waals surface area (Å²) < 4.78 is 34.2. The molecule has 0 bridgehead atoms. The van der Waals surface area contributed by atoms with Crippen LogP contribution in [0.2, 0.25) is 0 Å². The van der Waals surface area contributed by atoms with Crippen molar-refractivity contribution in [2.45, 2.75) is 43.5 Å². The zero-order valence-electron chi connectivity index (χ0n) is 18.1. The Labute approximate surface area is 192 Å². The molecule has 0 saturated heterocycles. The van der Waals surface area contributed by atoms with Gasteiger partial charge in [-0.1, -0.05) is 43.3 Å². The fraction of sp³-hybridized carbons (Fsp3) is 0.292. The highest BCUT2D eigenvalue weighted by Crippen LogP contribution is 2.32. The molecule has 8 heteroatoms. The number of carbonyl (C=O) groups excluding carboxylic acids is 1. The number of fused-ring (bicyclic) bond motifs is 1. The summed E-state index contributed by atoms with van der Waals surface area (Å²) in [5.74, 6) is 0.217. The number of thiophene rings is 1. The summed E-state index contributed by atoms with van der Waals surface area (Å²) in [5.41, 5.74) is 3.46. The quantitative estimate of drug-likeness (QED) is 0.548. The molecule has 0 fully saturated rings. The van der Waals surface area contributed by atoms with Crippen LogP contribution in [0, 0.1) is 6.92 Å². The lowest BCUT2D eigenvalue weighted by Gasteiger charge is -2.34. The highest BCUT2D eigenvalue weighted by molar-refractivity contribution is 7.91. The third-order valence-corrected chi connectivity index (χ3v) is 8.65. The molecule has 6 nitrogen and oxygen atoms in total. The second kappa shape index (κ2) is 9.44. The minimum Gasteiger partial charge on any atom is -0.491 e. The molecule has 4 rings (SSSR count). The van der Waals surface area contributed by atoms with E-state index in [2.05, 4.69) is 5.32 Å². The van der Waals surface area contributed by atoms with E-state index in [-0.39, 0.29) is 16.7 Å². The SMILES string of the molecule is CCCOc1cc(C)ccc1NC(=O)[C@@H]1Cc2ccccc2CN1S(=O)(=O)c1cccs1. The molecule has 0 radical (unpaired) electrons. The molecule has 3 aromatic rings. The van der Waals surface area contributed by atoms with E-state index in [1.165, 1.54) is 4.31 Å². The van der Waals surface area contributed by atoms with Gasteiger partial charge in [-0.05, 0) is 60.0 Å². The van der Waals surface area contributed by atoms with Gasteiger partial charge in [0.1, 0.15) is 16.0 Å². The lowest BCUT2D eigenvalue weighted by molar-refractivity contribution is -0.120. The van der Waals surface area contributed by atoms with Crippen molar-refractivity contribution in [2.75, 3.05) is 11.9 Å². The van der Waals surface area contributed by atoms with Crippen molar-refractivity contribution in [3.8, 4) is 5.75 Å². The molecular formula is C24H26N2O4S2. The molecular weight excluding hydrogens is 444 g/mol. The molecule has 1 N–H and O–H groups in total. The number of amides is 1. The summed E-state index contributed by atoms with van der Waals surface area (Å²) in [5, 5.41) is 4.65. The van der Waals surface area contributed by atoms with Crippen molar-refractivity contribution in [1.29, 1.82) is 0 Å². The first kappa shape index (κ1) is 22.5. The van der Waals surface area contributed by atoms with Gasteiger partial charge in [0.2, 0.25) is 5.91 Å². The number of hydrogen-bond donors (Lipinski definition) is 1. The third-order valence-electron chi connectivity index (χ3n) is 5.42. The number of ether oxygens (including phenoxy) is 1. The van der Waals surface area contributed by atoms with Gasteiger partial charge >= 0.3 is 0 Å². The Morgan fingerprint density at radius 1 is 1.16 bits per heavy atom. The zero-order chi connectivity index (χ0) is 22.7. The monoisotopic (exact) mass is 470 g/mol. The van der Waals surface area contributed by atoms with Crippen molar-refractivity contribution in [1.82, 2.24) is 4.31 Å². The van der Waals surface area contributed by atoms with Crippen molar-refractivity contribution in [3.05, 3.63) is 76.7 Å². The molecule has 2 heterocycles. The highest BCUT2D eigenvalue weighted by Gasteiger charge is 2.40. The molecule has 168 valence electrons. The molecule has 32 heavy (non-hydrogen) atoms. The second-order valence-corrected chi connectivity index (χ2v) is 10.9. The Morgan fingerprint density at radius 3 is 2.66 bits per heavy atom. The van der Waals surface area contributed by atoms with Gasteiger partial charge in [0.25, 0.3) is 10.0 Å². The molecule has 1 aliphatic rings. The smallest absolute Gasteiger partial charge is 0.253 e. The molecule has 1 atom stereocenters. The number of benzene rings is 2. The minimum atomic E-state index is -3.82. The Kier molecular flexibility index (Phi) is 6.64. The first-order valence-electron chi connectivity index (χ1n) is 10.6. The van der Waals surface area contributed by atoms with E-state index in [0.29, 0.717) is 24.5 Å². The maximum absolute atomic E-state index is 13.4. The maximum Gasteiger partial charge on any atom is 0.253 e. The van der Waals surface area contributed by atoms with Crippen LogP contribution in [0.25, 0.3) is 0 Å². The van der Waals surface area contributed by atoms with Gasteiger partial charge in [0.05, 0.1) is 12.3 Å². The number of rotatable bonds is 7. The predicted octanol–water partition coefficient (Wildman–Crippen LogP) is 4.60. The van der Waals surface area contributed by atoms with Crippen LogP contribution in [0.4, 0.5) is 5.69 Å². The maximum atomic E-state index is 13.4. The van der Waals surface area contributed by atoms with E-state index in [1.807, 2.05) is 50.2 Å². The van der Waals surface area contributed by atoms with Crippen LogP contribution in [0.3, 0.4) is 0 Å². The summed E-state index contributed by atoms with van der Waals surface area (Å²) in [7, 11) is -3.82. The summed E-state index contributed by atoms with van der Waals surface area (Å²) in [4.78, 5) is 13.4. The predicted molar refractivity (Wildman–Crippen MR) is 127 cm³/mol. The average Bonchev–Trinajstić information content (AvgIpc) is 3.34.